The Kier molecular flexibility index (Phi) is 5.99. The molecule has 1 heterocycles. The predicted octanol–water partition coefficient (Wildman–Crippen LogP) is 0.881. The minimum absolute atomic E-state index is 0.106. The van der Waals surface area contributed by atoms with Crippen molar-refractivity contribution in [1.29, 1.82) is 0 Å². The number of carbonyl (C=O) groups excluding carboxylic acids is 2. The van der Waals surface area contributed by atoms with Crippen LogP contribution in [-0.2, 0) is 9.59 Å². The standard InChI is InChI=1S/C14H25N3O4/c1-3-5-14(12(19)20)6-8-17(9-7-14)13(21)16(4-2)10-11(15)18/h3-10H2,1-2H3,(H2,15,18)(H,19,20). The number of amides is 3. The van der Waals surface area contributed by atoms with Gasteiger partial charge in [-0.2, -0.15) is 0 Å². The van der Waals surface area contributed by atoms with Gasteiger partial charge in [-0.1, -0.05) is 13.3 Å². The lowest BCUT2D eigenvalue weighted by atomic mass is 9.75. The molecule has 1 rings (SSSR count). The van der Waals surface area contributed by atoms with Crippen molar-refractivity contribution in [2.75, 3.05) is 26.2 Å². The average Bonchev–Trinajstić information content (AvgIpc) is 2.44. The second kappa shape index (κ2) is 7.28. The SMILES string of the molecule is CCCC1(C(=O)O)CCN(C(=O)N(CC)CC(N)=O)CC1. The monoisotopic (exact) mass is 299 g/mol. The third-order valence-corrected chi connectivity index (χ3v) is 4.17. The first-order valence-electron chi connectivity index (χ1n) is 7.42. The van der Waals surface area contributed by atoms with Crippen LogP contribution in [0.2, 0.25) is 0 Å². The third-order valence-electron chi connectivity index (χ3n) is 4.17. The molecule has 0 aromatic carbocycles. The summed E-state index contributed by atoms with van der Waals surface area (Å²) in [5, 5.41) is 9.44. The number of nitrogens with zero attached hydrogens (tertiary/aromatic N) is 2. The summed E-state index contributed by atoms with van der Waals surface area (Å²) >= 11 is 0. The molecule has 1 aliphatic heterocycles. The van der Waals surface area contributed by atoms with Gasteiger partial charge in [-0.3, -0.25) is 9.59 Å². The van der Waals surface area contributed by atoms with Crippen LogP contribution in [0.1, 0.15) is 39.5 Å². The van der Waals surface area contributed by atoms with E-state index in [0.29, 0.717) is 38.9 Å². The molecule has 120 valence electrons. The number of carbonyl (C=O) groups is 3. The first-order valence-corrected chi connectivity index (χ1v) is 7.42. The number of rotatable bonds is 6. The van der Waals surface area contributed by atoms with Crippen molar-refractivity contribution >= 4 is 17.9 Å². The Bertz CT molecular complexity index is 403. The van der Waals surface area contributed by atoms with E-state index in [4.69, 9.17) is 5.73 Å². The molecule has 0 aromatic heterocycles. The van der Waals surface area contributed by atoms with E-state index in [1.54, 1.807) is 11.8 Å². The molecule has 0 atom stereocenters. The molecule has 1 fully saturated rings. The van der Waals surface area contributed by atoms with Gasteiger partial charge < -0.3 is 20.6 Å². The largest absolute Gasteiger partial charge is 0.481 e. The van der Waals surface area contributed by atoms with Crippen LogP contribution < -0.4 is 5.73 Å². The highest BCUT2D eigenvalue weighted by molar-refractivity contribution is 5.83. The molecule has 0 aromatic rings. The Balaban J connectivity index is 2.68. The highest BCUT2D eigenvalue weighted by Gasteiger charge is 2.42. The molecule has 7 heteroatoms. The van der Waals surface area contributed by atoms with Gasteiger partial charge in [-0.05, 0) is 26.2 Å². The lowest BCUT2D eigenvalue weighted by Gasteiger charge is -2.40. The lowest BCUT2D eigenvalue weighted by Crippen LogP contribution is -2.52. The first kappa shape index (κ1) is 17.3. The van der Waals surface area contributed by atoms with E-state index in [0.717, 1.165) is 6.42 Å². The average molecular weight is 299 g/mol. The number of urea groups is 1. The quantitative estimate of drug-likeness (QED) is 0.759. The maximum absolute atomic E-state index is 12.3. The Morgan fingerprint density at radius 3 is 2.19 bits per heavy atom. The summed E-state index contributed by atoms with van der Waals surface area (Å²) in [6, 6.07) is -0.244. The molecule has 7 nitrogen and oxygen atoms in total. The van der Waals surface area contributed by atoms with Gasteiger partial charge in [0.15, 0.2) is 0 Å². The van der Waals surface area contributed by atoms with Crippen molar-refractivity contribution < 1.29 is 19.5 Å². The minimum atomic E-state index is -0.777. The molecule has 1 aliphatic rings. The molecule has 0 bridgehead atoms. The zero-order valence-corrected chi connectivity index (χ0v) is 12.8. The van der Waals surface area contributed by atoms with E-state index in [1.807, 2.05) is 6.92 Å². The molecule has 3 amide bonds. The number of carboxylic acid groups (broad SMARTS) is 1. The van der Waals surface area contributed by atoms with Crippen LogP contribution in [0.15, 0.2) is 0 Å². The van der Waals surface area contributed by atoms with Crippen molar-refractivity contribution in [2.24, 2.45) is 11.1 Å². The second-order valence-corrected chi connectivity index (χ2v) is 5.59. The fourth-order valence-electron chi connectivity index (χ4n) is 2.88. The number of primary amides is 1. The van der Waals surface area contributed by atoms with Crippen LogP contribution >= 0.6 is 0 Å². The highest BCUT2D eigenvalue weighted by Crippen LogP contribution is 2.36. The number of carboxylic acids is 1. The number of likely N-dealkylation sites (tertiary alicyclic amines) is 1. The van der Waals surface area contributed by atoms with Crippen molar-refractivity contribution in [1.82, 2.24) is 9.80 Å². The van der Waals surface area contributed by atoms with Crippen molar-refractivity contribution in [3.8, 4) is 0 Å². The topological polar surface area (TPSA) is 104 Å². The van der Waals surface area contributed by atoms with Crippen molar-refractivity contribution in [3.05, 3.63) is 0 Å². The summed E-state index contributed by atoms with van der Waals surface area (Å²) in [6.07, 6.45) is 2.35. The molecule has 3 N–H and O–H groups in total. The van der Waals surface area contributed by atoms with Gasteiger partial charge in [0.25, 0.3) is 0 Å². The van der Waals surface area contributed by atoms with Crippen molar-refractivity contribution in [2.45, 2.75) is 39.5 Å². The molecule has 1 saturated heterocycles. The summed E-state index contributed by atoms with van der Waals surface area (Å²) in [6.45, 7) is 4.85. The van der Waals surface area contributed by atoms with Crippen LogP contribution in [0.4, 0.5) is 4.79 Å². The van der Waals surface area contributed by atoms with Gasteiger partial charge in [0, 0.05) is 19.6 Å². The number of nitrogens with two attached hydrogens (primary N) is 1. The summed E-state index contributed by atoms with van der Waals surface area (Å²) < 4.78 is 0. The molecule has 21 heavy (non-hydrogen) atoms. The molecule has 0 aliphatic carbocycles. The zero-order valence-electron chi connectivity index (χ0n) is 12.8. The number of aliphatic carboxylic acids is 1. The molecular weight excluding hydrogens is 274 g/mol. The molecule has 0 unspecified atom stereocenters. The predicted molar refractivity (Wildman–Crippen MR) is 77.6 cm³/mol. The second-order valence-electron chi connectivity index (χ2n) is 5.59. The zero-order chi connectivity index (χ0) is 16.0. The maximum atomic E-state index is 12.3. The van der Waals surface area contributed by atoms with Gasteiger partial charge in [0.2, 0.25) is 5.91 Å². The fraction of sp³-hybridized carbons (Fsp3) is 0.786. The fourth-order valence-corrected chi connectivity index (χ4v) is 2.88. The molecule has 0 spiro atoms. The van der Waals surface area contributed by atoms with Gasteiger partial charge in [-0.25, -0.2) is 4.79 Å². The highest BCUT2D eigenvalue weighted by atomic mass is 16.4. The molecule has 0 radical (unpaired) electrons. The van der Waals surface area contributed by atoms with Crippen LogP contribution in [-0.4, -0.2) is 59.0 Å². The van der Waals surface area contributed by atoms with Crippen LogP contribution in [0, 0.1) is 5.41 Å². The van der Waals surface area contributed by atoms with Gasteiger partial charge in [-0.15, -0.1) is 0 Å². The first-order chi connectivity index (χ1) is 9.86. The van der Waals surface area contributed by atoms with E-state index >= 15 is 0 Å². The lowest BCUT2D eigenvalue weighted by molar-refractivity contribution is -0.152. The summed E-state index contributed by atoms with van der Waals surface area (Å²) in [5.74, 6) is -1.32. The van der Waals surface area contributed by atoms with E-state index in [2.05, 4.69) is 0 Å². The third kappa shape index (κ3) is 4.09. The maximum Gasteiger partial charge on any atom is 0.320 e. The van der Waals surface area contributed by atoms with E-state index in [1.165, 1.54) is 4.90 Å². The van der Waals surface area contributed by atoms with Crippen molar-refractivity contribution in [3.63, 3.8) is 0 Å². The minimum Gasteiger partial charge on any atom is -0.481 e. The molecular formula is C14H25N3O4. The number of hydrogen-bond acceptors (Lipinski definition) is 3. The Morgan fingerprint density at radius 1 is 1.24 bits per heavy atom. The van der Waals surface area contributed by atoms with Gasteiger partial charge in [0.1, 0.15) is 6.54 Å². The normalized spacial score (nSPS) is 17.3. The van der Waals surface area contributed by atoms with Crippen LogP contribution in [0.25, 0.3) is 0 Å². The Morgan fingerprint density at radius 2 is 1.81 bits per heavy atom. The Hall–Kier alpha value is -1.79. The van der Waals surface area contributed by atoms with Crippen LogP contribution in [0.3, 0.4) is 0 Å². The number of hydrogen-bond donors (Lipinski definition) is 2. The summed E-state index contributed by atoms with van der Waals surface area (Å²) in [4.78, 5) is 37.8. The number of likely N-dealkylation sites (N-methyl/N-ethyl adjacent to an activating group) is 1. The Labute approximate surface area is 125 Å². The summed E-state index contributed by atoms with van der Waals surface area (Å²) in [7, 11) is 0. The van der Waals surface area contributed by atoms with E-state index in [9.17, 15) is 19.5 Å². The summed E-state index contributed by atoms with van der Waals surface area (Å²) in [5.41, 5.74) is 4.41. The number of piperidine rings is 1. The molecule has 0 saturated carbocycles. The van der Waals surface area contributed by atoms with E-state index < -0.39 is 17.3 Å². The van der Waals surface area contributed by atoms with Gasteiger partial charge >= 0.3 is 12.0 Å². The van der Waals surface area contributed by atoms with Gasteiger partial charge in [0.05, 0.1) is 5.41 Å². The van der Waals surface area contributed by atoms with Crippen LogP contribution in [0.5, 0.6) is 0 Å². The van der Waals surface area contributed by atoms with E-state index in [-0.39, 0.29) is 12.6 Å². The smallest absolute Gasteiger partial charge is 0.320 e.